The number of ether oxygens (including phenoxy) is 3. The summed E-state index contributed by atoms with van der Waals surface area (Å²) in [4.78, 5) is 38.2. The molecular weight excluding hydrogens is 877 g/mol. The molecule has 0 saturated carbocycles. The summed E-state index contributed by atoms with van der Waals surface area (Å²) in [6, 6.07) is 0. The Hall–Kier alpha value is -3.15. The van der Waals surface area contributed by atoms with Crippen molar-refractivity contribution in [1.29, 1.82) is 0 Å². The van der Waals surface area contributed by atoms with Crippen LogP contribution in [0.3, 0.4) is 0 Å². The molecular formula is C65H114O6. The van der Waals surface area contributed by atoms with Gasteiger partial charge >= 0.3 is 17.9 Å². The van der Waals surface area contributed by atoms with Crippen LogP contribution in [0.15, 0.2) is 72.9 Å². The van der Waals surface area contributed by atoms with E-state index in [1.54, 1.807) is 0 Å². The van der Waals surface area contributed by atoms with E-state index in [1.165, 1.54) is 161 Å². The van der Waals surface area contributed by atoms with E-state index < -0.39 is 6.10 Å². The molecule has 0 aliphatic carbocycles. The maximum atomic E-state index is 12.9. The quantitative estimate of drug-likeness (QED) is 0.0261. The Morgan fingerprint density at radius 3 is 0.901 bits per heavy atom. The van der Waals surface area contributed by atoms with E-state index in [0.717, 1.165) is 103 Å². The molecule has 0 aromatic rings. The molecule has 0 radical (unpaired) electrons. The summed E-state index contributed by atoms with van der Waals surface area (Å²) in [5, 5.41) is 0. The highest BCUT2D eigenvalue weighted by Crippen LogP contribution is 2.17. The molecule has 0 unspecified atom stereocenters. The zero-order chi connectivity index (χ0) is 51.4. The maximum absolute atomic E-state index is 12.9. The third-order valence-electron chi connectivity index (χ3n) is 13.2. The molecule has 0 heterocycles. The number of unbranched alkanes of at least 4 members (excludes halogenated alkanes) is 32. The third-order valence-corrected chi connectivity index (χ3v) is 13.2. The van der Waals surface area contributed by atoms with Gasteiger partial charge < -0.3 is 14.2 Å². The lowest BCUT2D eigenvalue weighted by Crippen LogP contribution is -2.30. The summed E-state index contributed by atoms with van der Waals surface area (Å²) >= 11 is 0. The molecule has 0 spiro atoms. The molecule has 410 valence electrons. The van der Waals surface area contributed by atoms with Crippen LogP contribution in [0.5, 0.6) is 0 Å². The second-order valence-corrected chi connectivity index (χ2v) is 20.2. The largest absolute Gasteiger partial charge is 0.462 e. The Morgan fingerprint density at radius 2 is 0.549 bits per heavy atom. The van der Waals surface area contributed by atoms with Crippen LogP contribution in [0.2, 0.25) is 0 Å². The highest BCUT2D eigenvalue weighted by Gasteiger charge is 2.19. The van der Waals surface area contributed by atoms with Gasteiger partial charge in [0.2, 0.25) is 0 Å². The Bertz CT molecular complexity index is 1320. The lowest BCUT2D eigenvalue weighted by molar-refractivity contribution is -0.167. The molecule has 0 rings (SSSR count). The van der Waals surface area contributed by atoms with Gasteiger partial charge in [-0.15, -0.1) is 0 Å². The van der Waals surface area contributed by atoms with Gasteiger partial charge in [0, 0.05) is 19.3 Å². The first kappa shape index (κ1) is 67.8. The van der Waals surface area contributed by atoms with E-state index in [9.17, 15) is 14.4 Å². The topological polar surface area (TPSA) is 78.9 Å². The van der Waals surface area contributed by atoms with E-state index in [-0.39, 0.29) is 31.1 Å². The monoisotopic (exact) mass is 991 g/mol. The Labute approximate surface area is 440 Å². The normalized spacial score (nSPS) is 12.5. The van der Waals surface area contributed by atoms with Crippen LogP contribution >= 0.6 is 0 Å². The number of allylic oxidation sites excluding steroid dienone is 12. The van der Waals surface area contributed by atoms with Crippen molar-refractivity contribution >= 4 is 17.9 Å². The van der Waals surface area contributed by atoms with Crippen molar-refractivity contribution in [1.82, 2.24) is 0 Å². The predicted molar refractivity (Wildman–Crippen MR) is 307 cm³/mol. The Balaban J connectivity index is 4.38. The first-order chi connectivity index (χ1) is 35.0. The SMILES string of the molecule is CC/C=C\C/C=C\C/C=C\C/C=C\C/C=C\CCCCCC(=O)OC[C@H](COC(=O)CCCCCCC/C=C\CCCCCC)OC(=O)CCCCCCCCCCCCCCCCCCCCCCC. The third kappa shape index (κ3) is 57.6. The van der Waals surface area contributed by atoms with Gasteiger partial charge in [0.25, 0.3) is 0 Å². The molecule has 0 bridgehead atoms. The fourth-order valence-corrected chi connectivity index (χ4v) is 8.64. The lowest BCUT2D eigenvalue weighted by atomic mass is 10.0. The number of hydrogen-bond acceptors (Lipinski definition) is 6. The fourth-order valence-electron chi connectivity index (χ4n) is 8.64. The number of carbonyl (C=O) groups is 3. The van der Waals surface area contributed by atoms with Crippen LogP contribution in [0, 0.1) is 0 Å². The lowest BCUT2D eigenvalue weighted by Gasteiger charge is -2.18. The summed E-state index contributed by atoms with van der Waals surface area (Å²) in [5.41, 5.74) is 0. The Kier molecular flexibility index (Phi) is 56.8. The average Bonchev–Trinajstić information content (AvgIpc) is 3.37. The van der Waals surface area contributed by atoms with E-state index in [0.29, 0.717) is 19.3 Å². The minimum Gasteiger partial charge on any atom is -0.462 e. The summed E-state index contributed by atoms with van der Waals surface area (Å²) in [5.74, 6) is -0.916. The van der Waals surface area contributed by atoms with Crippen LogP contribution < -0.4 is 0 Å². The summed E-state index contributed by atoms with van der Waals surface area (Å²) in [6.07, 6.45) is 76.2. The van der Waals surface area contributed by atoms with Gasteiger partial charge in [-0.05, 0) is 89.9 Å². The van der Waals surface area contributed by atoms with E-state index in [4.69, 9.17) is 14.2 Å². The second-order valence-electron chi connectivity index (χ2n) is 20.2. The van der Waals surface area contributed by atoms with Gasteiger partial charge in [0.05, 0.1) is 0 Å². The van der Waals surface area contributed by atoms with Crippen molar-refractivity contribution in [3.05, 3.63) is 72.9 Å². The highest BCUT2D eigenvalue weighted by atomic mass is 16.6. The minimum absolute atomic E-state index is 0.0881. The summed E-state index contributed by atoms with van der Waals surface area (Å²) in [7, 11) is 0. The van der Waals surface area contributed by atoms with Gasteiger partial charge in [-0.2, -0.15) is 0 Å². The van der Waals surface area contributed by atoms with Crippen molar-refractivity contribution < 1.29 is 28.6 Å². The average molecular weight is 992 g/mol. The van der Waals surface area contributed by atoms with E-state index in [1.807, 2.05) is 0 Å². The Morgan fingerprint density at radius 1 is 0.296 bits per heavy atom. The number of carbonyl (C=O) groups excluding carboxylic acids is 3. The molecule has 0 fully saturated rings. The van der Waals surface area contributed by atoms with E-state index in [2.05, 4.69) is 93.7 Å². The van der Waals surface area contributed by atoms with Gasteiger partial charge in [-0.3, -0.25) is 14.4 Å². The molecule has 71 heavy (non-hydrogen) atoms. The van der Waals surface area contributed by atoms with Crippen molar-refractivity contribution in [2.75, 3.05) is 13.2 Å². The molecule has 6 nitrogen and oxygen atoms in total. The van der Waals surface area contributed by atoms with Crippen molar-refractivity contribution in [2.24, 2.45) is 0 Å². The molecule has 0 aliphatic heterocycles. The van der Waals surface area contributed by atoms with Crippen LogP contribution in [-0.2, 0) is 28.6 Å². The van der Waals surface area contributed by atoms with Crippen LogP contribution in [-0.4, -0.2) is 37.2 Å². The molecule has 0 saturated heterocycles. The highest BCUT2D eigenvalue weighted by molar-refractivity contribution is 5.71. The predicted octanol–water partition coefficient (Wildman–Crippen LogP) is 20.5. The summed E-state index contributed by atoms with van der Waals surface area (Å²) < 4.78 is 16.9. The van der Waals surface area contributed by atoms with Gasteiger partial charge in [-0.1, -0.05) is 267 Å². The standard InChI is InChI=1S/C65H114O6/c1-4-7-10-13-16-19-22-25-27-29-31-32-34-36-38-41-44-47-50-53-56-59-65(68)71-62(60-69-63(66)57-54-51-48-45-42-39-24-21-18-15-12-9-6-3)61-70-64(67)58-55-52-49-46-43-40-37-35-33-30-28-26-23-20-17-14-11-8-5-2/h8,11,17,20-21,24,26,28,33,35,40,43,62H,4-7,9-10,12-16,18-19,22-23,25,27,29-32,34,36-39,41-42,44-61H2,1-3H3/b11-8-,20-17-,24-21-,28-26-,35-33-,43-40-/t62-/m0/s1. The zero-order valence-electron chi connectivity index (χ0n) is 47.0. The molecule has 0 N–H and O–H groups in total. The molecule has 6 heteroatoms. The number of esters is 3. The molecule has 0 aromatic heterocycles. The van der Waals surface area contributed by atoms with Gasteiger partial charge in [0.1, 0.15) is 13.2 Å². The molecule has 0 aliphatic rings. The number of hydrogen-bond donors (Lipinski definition) is 0. The first-order valence-electron chi connectivity index (χ1n) is 30.4. The van der Waals surface area contributed by atoms with Gasteiger partial charge in [0.15, 0.2) is 6.10 Å². The minimum atomic E-state index is -0.791. The van der Waals surface area contributed by atoms with Crippen molar-refractivity contribution in [3.63, 3.8) is 0 Å². The van der Waals surface area contributed by atoms with Crippen LogP contribution in [0.25, 0.3) is 0 Å². The molecule has 0 aromatic carbocycles. The van der Waals surface area contributed by atoms with Gasteiger partial charge in [-0.25, -0.2) is 0 Å². The van der Waals surface area contributed by atoms with Crippen molar-refractivity contribution in [2.45, 2.75) is 309 Å². The maximum Gasteiger partial charge on any atom is 0.306 e. The number of rotatable bonds is 55. The fraction of sp³-hybridized carbons (Fsp3) is 0.769. The first-order valence-corrected chi connectivity index (χ1v) is 30.4. The smallest absolute Gasteiger partial charge is 0.306 e. The molecule has 1 atom stereocenters. The van der Waals surface area contributed by atoms with Crippen LogP contribution in [0.1, 0.15) is 303 Å². The van der Waals surface area contributed by atoms with Crippen molar-refractivity contribution in [3.8, 4) is 0 Å². The second kappa shape index (κ2) is 59.4. The zero-order valence-corrected chi connectivity index (χ0v) is 47.0. The summed E-state index contributed by atoms with van der Waals surface area (Å²) in [6.45, 7) is 6.51. The molecule has 0 amide bonds. The van der Waals surface area contributed by atoms with Crippen LogP contribution in [0.4, 0.5) is 0 Å². The van der Waals surface area contributed by atoms with E-state index >= 15 is 0 Å².